The van der Waals surface area contributed by atoms with Crippen molar-refractivity contribution in [3.05, 3.63) is 54.5 Å². The van der Waals surface area contributed by atoms with Crippen LogP contribution in [-0.4, -0.2) is 50.2 Å². The molecule has 1 saturated carbocycles. The van der Waals surface area contributed by atoms with Crippen LogP contribution in [0.2, 0.25) is 0 Å². The van der Waals surface area contributed by atoms with Crippen molar-refractivity contribution < 1.29 is 19.0 Å². The molecule has 10 nitrogen and oxygen atoms in total. The van der Waals surface area contributed by atoms with Crippen molar-refractivity contribution in [3.63, 3.8) is 0 Å². The van der Waals surface area contributed by atoms with Gasteiger partial charge in [0.15, 0.2) is 5.79 Å². The van der Waals surface area contributed by atoms with Gasteiger partial charge in [-0.2, -0.15) is 0 Å². The number of nitrogens with two attached hydrogens (primary N) is 1. The second kappa shape index (κ2) is 11.1. The second-order valence-corrected chi connectivity index (χ2v) is 12.4. The molecule has 4 atom stereocenters. The van der Waals surface area contributed by atoms with E-state index >= 15 is 0 Å². The number of rotatable bonds is 9. The lowest BCUT2D eigenvalue weighted by Crippen LogP contribution is -2.34. The van der Waals surface area contributed by atoms with Crippen LogP contribution in [0, 0.1) is 5.41 Å². The van der Waals surface area contributed by atoms with Crippen LogP contribution >= 0.6 is 0 Å². The molecule has 0 bridgehead atoms. The van der Waals surface area contributed by atoms with E-state index in [0.717, 1.165) is 60.5 Å². The molecule has 2 fully saturated rings. The fourth-order valence-electron chi connectivity index (χ4n) is 6.57. The minimum atomic E-state index is -0.658. The van der Waals surface area contributed by atoms with E-state index in [9.17, 15) is 4.79 Å². The van der Waals surface area contributed by atoms with Gasteiger partial charge in [0.1, 0.15) is 29.7 Å². The number of carbonyl (C=O) groups is 1. The fraction of sp³-hybridized carbons (Fsp3) is 0.500. The Morgan fingerprint density at radius 2 is 2.00 bits per heavy atom. The van der Waals surface area contributed by atoms with Crippen molar-refractivity contribution in [1.29, 1.82) is 0 Å². The van der Waals surface area contributed by atoms with Crippen LogP contribution in [0.15, 0.2) is 48.9 Å². The third-order valence-electron chi connectivity index (χ3n) is 8.72. The van der Waals surface area contributed by atoms with E-state index in [4.69, 9.17) is 19.9 Å². The van der Waals surface area contributed by atoms with Gasteiger partial charge in [0, 0.05) is 11.6 Å². The topological polar surface area (TPSA) is 126 Å². The van der Waals surface area contributed by atoms with Gasteiger partial charge in [-0.1, -0.05) is 32.8 Å². The molecule has 1 aliphatic carbocycles. The Morgan fingerprint density at radius 3 is 2.83 bits per heavy atom. The van der Waals surface area contributed by atoms with Gasteiger partial charge in [0.05, 0.1) is 29.7 Å². The molecule has 0 radical (unpaired) electrons. The van der Waals surface area contributed by atoms with E-state index in [0.29, 0.717) is 18.2 Å². The summed E-state index contributed by atoms with van der Waals surface area (Å²) in [5.74, 6) is 0.307. The molecule has 1 amide bonds. The quantitative estimate of drug-likeness (QED) is 0.221. The number of nitrogen functional groups attached to an aromatic ring is 1. The fourth-order valence-corrected chi connectivity index (χ4v) is 6.57. The molecule has 4 aromatic rings. The van der Waals surface area contributed by atoms with Crippen LogP contribution < -0.4 is 11.1 Å². The van der Waals surface area contributed by atoms with Crippen LogP contribution in [0.5, 0.6) is 0 Å². The average molecular weight is 573 g/mol. The predicted octanol–water partition coefficient (Wildman–Crippen LogP) is 6.40. The Labute approximate surface area is 246 Å². The Bertz CT molecular complexity index is 1600. The van der Waals surface area contributed by atoms with Crippen molar-refractivity contribution in [2.45, 2.75) is 90.3 Å². The molecule has 1 saturated heterocycles. The minimum Gasteiger partial charge on any atom is -0.449 e. The van der Waals surface area contributed by atoms with Gasteiger partial charge in [-0.25, -0.2) is 19.7 Å². The van der Waals surface area contributed by atoms with Crippen molar-refractivity contribution >= 4 is 39.7 Å². The molecule has 10 heteroatoms. The normalized spacial score (nSPS) is 24.7. The molecule has 1 aromatic carbocycles. The third-order valence-corrected chi connectivity index (χ3v) is 8.72. The van der Waals surface area contributed by atoms with Crippen molar-refractivity contribution in [1.82, 2.24) is 19.5 Å². The number of aryl methyl sites for hydroxylation is 1. The molecule has 2 aliphatic rings. The number of unbranched alkanes of at least 4 members (excludes halogenated alkanes) is 2. The first-order chi connectivity index (χ1) is 20.2. The lowest BCUT2D eigenvalue weighted by molar-refractivity contribution is -0.168. The highest BCUT2D eigenvalue weighted by Crippen LogP contribution is 2.55. The predicted molar refractivity (Wildman–Crippen MR) is 162 cm³/mol. The largest absolute Gasteiger partial charge is 0.449 e. The van der Waals surface area contributed by atoms with Crippen LogP contribution in [-0.2, 0) is 20.6 Å². The van der Waals surface area contributed by atoms with Crippen molar-refractivity contribution in [2.24, 2.45) is 5.41 Å². The number of anilines is 2. The van der Waals surface area contributed by atoms with Gasteiger partial charge < -0.3 is 24.5 Å². The van der Waals surface area contributed by atoms with Crippen LogP contribution in [0.1, 0.15) is 71.4 Å². The summed E-state index contributed by atoms with van der Waals surface area (Å²) in [7, 11) is 0. The molecule has 4 heterocycles. The monoisotopic (exact) mass is 572 g/mol. The molecule has 0 spiro atoms. The Morgan fingerprint density at radius 1 is 1.14 bits per heavy atom. The van der Waals surface area contributed by atoms with Gasteiger partial charge in [-0.05, 0) is 80.8 Å². The first-order valence-corrected chi connectivity index (χ1v) is 14.9. The Hall–Kier alpha value is -3.76. The van der Waals surface area contributed by atoms with E-state index < -0.39 is 11.9 Å². The van der Waals surface area contributed by atoms with Gasteiger partial charge >= 0.3 is 6.09 Å². The number of fused-ring (bicyclic) bond motifs is 3. The molecule has 6 rings (SSSR count). The standard InChI is InChI=1S/C32H40N6O4/c1-5-6-7-16-40-30(39)37-25-11-9-21-17-20(8-10-23(21)36-25)12-14-32(4)18-24(26-27(32)42-31(2,3)41-26)38-15-13-22-28(33)34-19-35-29(22)38/h8-11,13,15,17,19,24,26-27H,5-7,12,14,16,18H2,1-4H3,(H2,33,34,35)(H,36,37,39)/t24-,26+,27+,32+/m1/s1. The van der Waals surface area contributed by atoms with E-state index in [1.807, 2.05) is 44.3 Å². The zero-order valence-corrected chi connectivity index (χ0v) is 24.8. The number of nitrogens with zero attached hydrogens (tertiary/aromatic N) is 4. The molecule has 0 unspecified atom stereocenters. The lowest BCUT2D eigenvalue weighted by Gasteiger charge is -2.32. The highest BCUT2D eigenvalue weighted by Gasteiger charge is 2.59. The molecular formula is C32H40N6O4. The number of ether oxygens (including phenoxy) is 3. The second-order valence-electron chi connectivity index (χ2n) is 12.4. The van der Waals surface area contributed by atoms with Crippen molar-refractivity contribution in [2.75, 3.05) is 17.7 Å². The highest BCUT2D eigenvalue weighted by atomic mass is 16.8. The summed E-state index contributed by atoms with van der Waals surface area (Å²) in [6.45, 7) is 8.82. The van der Waals surface area contributed by atoms with Crippen molar-refractivity contribution in [3.8, 4) is 0 Å². The van der Waals surface area contributed by atoms with E-state index in [-0.39, 0.29) is 23.7 Å². The van der Waals surface area contributed by atoms with E-state index in [1.54, 1.807) is 0 Å². The lowest BCUT2D eigenvalue weighted by atomic mass is 9.80. The van der Waals surface area contributed by atoms with Crippen LogP contribution in [0.4, 0.5) is 16.4 Å². The Balaban J connectivity index is 1.16. The summed E-state index contributed by atoms with van der Waals surface area (Å²) in [5, 5.41) is 4.62. The number of carbonyl (C=O) groups excluding carboxylic acids is 1. The summed E-state index contributed by atoms with van der Waals surface area (Å²) in [5.41, 5.74) is 8.89. The maximum atomic E-state index is 12.1. The number of hydrogen-bond acceptors (Lipinski definition) is 8. The summed E-state index contributed by atoms with van der Waals surface area (Å²) in [6.07, 6.45) is 8.65. The van der Waals surface area contributed by atoms with Gasteiger partial charge in [0.2, 0.25) is 0 Å². The molecule has 222 valence electrons. The summed E-state index contributed by atoms with van der Waals surface area (Å²) in [4.78, 5) is 25.4. The third kappa shape index (κ3) is 5.53. The number of hydrogen-bond donors (Lipinski definition) is 2. The van der Waals surface area contributed by atoms with E-state index in [2.05, 4.69) is 50.8 Å². The number of aromatic nitrogens is 4. The average Bonchev–Trinajstić information content (AvgIpc) is 3.61. The minimum absolute atomic E-state index is 0.0494. The maximum absolute atomic E-state index is 12.1. The molecule has 1 aliphatic heterocycles. The molecule has 3 aromatic heterocycles. The zero-order valence-electron chi connectivity index (χ0n) is 24.8. The van der Waals surface area contributed by atoms with Gasteiger partial charge in [-0.15, -0.1) is 0 Å². The smallest absolute Gasteiger partial charge is 0.412 e. The first-order valence-electron chi connectivity index (χ1n) is 14.9. The highest BCUT2D eigenvalue weighted by molar-refractivity contribution is 5.87. The zero-order chi connectivity index (χ0) is 29.5. The number of benzene rings is 1. The molecular weight excluding hydrogens is 532 g/mol. The SMILES string of the molecule is CCCCCOC(=O)Nc1ccc2cc(CC[C@@]3(C)C[C@@H](n4ccc5c(N)ncnc54)[C@@H]4OC(C)(C)O[C@@H]43)ccc2n1. The summed E-state index contributed by atoms with van der Waals surface area (Å²) >= 11 is 0. The number of nitrogens with one attached hydrogen (secondary N) is 1. The van der Waals surface area contributed by atoms with Crippen LogP contribution in [0.3, 0.4) is 0 Å². The first kappa shape index (κ1) is 28.4. The molecule has 42 heavy (non-hydrogen) atoms. The maximum Gasteiger partial charge on any atom is 0.412 e. The molecule has 3 N–H and O–H groups in total. The number of amides is 1. The summed E-state index contributed by atoms with van der Waals surface area (Å²) < 4.78 is 20.5. The van der Waals surface area contributed by atoms with Crippen LogP contribution in [0.25, 0.3) is 21.9 Å². The number of pyridine rings is 1. The Kier molecular flexibility index (Phi) is 7.53. The van der Waals surface area contributed by atoms with E-state index in [1.165, 1.54) is 11.9 Å². The van der Waals surface area contributed by atoms with Gasteiger partial charge in [-0.3, -0.25) is 5.32 Å². The van der Waals surface area contributed by atoms with Gasteiger partial charge in [0.25, 0.3) is 0 Å². The summed E-state index contributed by atoms with van der Waals surface area (Å²) in [6, 6.07) is 12.2.